The number of hydrogen-bond acceptors (Lipinski definition) is 4. The second-order valence-electron chi connectivity index (χ2n) is 4.71. The first-order valence-electron chi connectivity index (χ1n) is 6.90. The van der Waals surface area contributed by atoms with Gasteiger partial charge in [0.05, 0.1) is 26.9 Å². The van der Waals surface area contributed by atoms with Crippen LogP contribution in [-0.4, -0.2) is 26.3 Å². The predicted molar refractivity (Wildman–Crippen MR) is 98.1 cm³/mol. The number of hydrazone groups is 1. The quantitative estimate of drug-likeness (QED) is 0.441. The van der Waals surface area contributed by atoms with Crippen LogP contribution in [0.5, 0.6) is 11.5 Å². The maximum absolute atomic E-state index is 11.9. The van der Waals surface area contributed by atoms with Crippen LogP contribution >= 0.6 is 22.6 Å². The summed E-state index contributed by atoms with van der Waals surface area (Å²) in [4.78, 5) is 11.9. The summed E-state index contributed by atoms with van der Waals surface area (Å²) in [6.45, 7) is 0. The third-order valence-electron chi connectivity index (χ3n) is 3.09. The van der Waals surface area contributed by atoms with E-state index in [1.165, 1.54) is 0 Å². The number of rotatable bonds is 6. The lowest BCUT2D eigenvalue weighted by Gasteiger charge is -2.09. The second-order valence-corrected chi connectivity index (χ2v) is 5.96. The zero-order valence-corrected chi connectivity index (χ0v) is 15.0. The SMILES string of the molecule is COc1ccc(CC(=O)N/N=C/c2ccc(I)cc2)cc1OC. The third-order valence-corrected chi connectivity index (χ3v) is 3.80. The van der Waals surface area contributed by atoms with E-state index in [2.05, 4.69) is 33.1 Å². The minimum Gasteiger partial charge on any atom is -0.493 e. The van der Waals surface area contributed by atoms with E-state index in [1.54, 1.807) is 32.6 Å². The Morgan fingerprint density at radius 2 is 1.83 bits per heavy atom. The molecule has 2 aromatic rings. The van der Waals surface area contributed by atoms with Crippen molar-refractivity contribution in [2.24, 2.45) is 5.10 Å². The molecule has 0 aliphatic rings. The number of methoxy groups -OCH3 is 2. The van der Waals surface area contributed by atoms with Crippen molar-refractivity contribution < 1.29 is 14.3 Å². The summed E-state index contributed by atoms with van der Waals surface area (Å²) in [5.74, 6) is 1.03. The first-order chi connectivity index (χ1) is 11.1. The van der Waals surface area contributed by atoms with Crippen LogP contribution in [0.15, 0.2) is 47.6 Å². The summed E-state index contributed by atoms with van der Waals surface area (Å²) in [6, 6.07) is 13.2. The van der Waals surface area contributed by atoms with Gasteiger partial charge < -0.3 is 9.47 Å². The molecule has 2 aromatic carbocycles. The van der Waals surface area contributed by atoms with E-state index >= 15 is 0 Å². The summed E-state index contributed by atoms with van der Waals surface area (Å²) in [6.07, 6.45) is 1.83. The van der Waals surface area contributed by atoms with Crippen LogP contribution in [0.3, 0.4) is 0 Å². The molecule has 0 radical (unpaired) electrons. The van der Waals surface area contributed by atoms with Gasteiger partial charge in [-0.25, -0.2) is 5.43 Å². The van der Waals surface area contributed by atoms with Crippen molar-refractivity contribution in [1.82, 2.24) is 5.43 Å². The number of ether oxygens (including phenoxy) is 2. The minimum atomic E-state index is -0.195. The van der Waals surface area contributed by atoms with Gasteiger partial charge in [-0.15, -0.1) is 0 Å². The van der Waals surface area contributed by atoms with Gasteiger partial charge in [0.1, 0.15) is 0 Å². The van der Waals surface area contributed by atoms with Crippen LogP contribution in [0.1, 0.15) is 11.1 Å². The lowest BCUT2D eigenvalue weighted by Crippen LogP contribution is -2.19. The van der Waals surface area contributed by atoms with Crippen molar-refractivity contribution >= 4 is 34.7 Å². The lowest BCUT2D eigenvalue weighted by atomic mass is 10.1. The molecule has 0 atom stereocenters. The van der Waals surface area contributed by atoms with E-state index in [0.717, 1.165) is 14.7 Å². The topological polar surface area (TPSA) is 59.9 Å². The molecule has 5 nitrogen and oxygen atoms in total. The van der Waals surface area contributed by atoms with Gasteiger partial charge in [-0.05, 0) is 58.0 Å². The Kier molecular flexibility index (Phi) is 6.40. The Bertz CT molecular complexity index is 699. The predicted octanol–water partition coefficient (Wildman–Crippen LogP) is 3.00. The number of nitrogens with zero attached hydrogens (tertiary/aromatic N) is 1. The van der Waals surface area contributed by atoms with Gasteiger partial charge >= 0.3 is 0 Å². The Hall–Kier alpha value is -2.09. The van der Waals surface area contributed by atoms with Crippen molar-refractivity contribution in [3.8, 4) is 11.5 Å². The first-order valence-corrected chi connectivity index (χ1v) is 7.98. The maximum atomic E-state index is 11.9. The van der Waals surface area contributed by atoms with Gasteiger partial charge in [0.2, 0.25) is 5.91 Å². The fourth-order valence-electron chi connectivity index (χ4n) is 1.94. The van der Waals surface area contributed by atoms with Crippen LogP contribution in [0, 0.1) is 3.57 Å². The van der Waals surface area contributed by atoms with E-state index in [-0.39, 0.29) is 12.3 Å². The number of carbonyl (C=O) groups is 1. The molecule has 0 heterocycles. The molecule has 120 valence electrons. The summed E-state index contributed by atoms with van der Waals surface area (Å²) < 4.78 is 11.5. The maximum Gasteiger partial charge on any atom is 0.244 e. The van der Waals surface area contributed by atoms with Crippen molar-refractivity contribution in [3.63, 3.8) is 0 Å². The van der Waals surface area contributed by atoms with Crippen molar-refractivity contribution in [3.05, 3.63) is 57.2 Å². The summed E-state index contributed by atoms with van der Waals surface area (Å²) in [7, 11) is 3.14. The highest BCUT2D eigenvalue weighted by molar-refractivity contribution is 14.1. The largest absolute Gasteiger partial charge is 0.493 e. The fraction of sp³-hybridized carbons (Fsp3) is 0.176. The van der Waals surface area contributed by atoms with Gasteiger partial charge in [0.15, 0.2) is 11.5 Å². The summed E-state index contributed by atoms with van der Waals surface area (Å²) >= 11 is 2.23. The monoisotopic (exact) mass is 424 g/mol. The molecule has 1 N–H and O–H groups in total. The third kappa shape index (κ3) is 5.24. The van der Waals surface area contributed by atoms with Gasteiger partial charge in [-0.2, -0.15) is 5.10 Å². The number of halogens is 1. The lowest BCUT2D eigenvalue weighted by molar-refractivity contribution is -0.120. The normalized spacial score (nSPS) is 10.6. The van der Waals surface area contributed by atoms with E-state index in [1.807, 2.05) is 30.3 Å². The summed E-state index contributed by atoms with van der Waals surface area (Å²) in [5, 5.41) is 3.96. The minimum absolute atomic E-state index is 0.195. The van der Waals surface area contributed by atoms with Gasteiger partial charge in [-0.1, -0.05) is 18.2 Å². The molecule has 0 spiro atoms. The zero-order valence-electron chi connectivity index (χ0n) is 12.9. The molecule has 0 saturated carbocycles. The Labute approximate surface area is 148 Å². The molecule has 6 heteroatoms. The van der Waals surface area contributed by atoms with Crippen LogP contribution in [0.25, 0.3) is 0 Å². The van der Waals surface area contributed by atoms with Crippen LogP contribution in [-0.2, 0) is 11.2 Å². The number of nitrogens with one attached hydrogen (secondary N) is 1. The molecule has 1 amide bonds. The number of carbonyl (C=O) groups excluding carboxylic acids is 1. The highest BCUT2D eigenvalue weighted by atomic mass is 127. The molecule has 0 fully saturated rings. The second kappa shape index (κ2) is 8.52. The molecule has 23 heavy (non-hydrogen) atoms. The highest BCUT2D eigenvalue weighted by Gasteiger charge is 2.07. The van der Waals surface area contributed by atoms with Crippen LogP contribution in [0.4, 0.5) is 0 Å². The average molecular weight is 424 g/mol. The zero-order chi connectivity index (χ0) is 16.7. The van der Waals surface area contributed by atoms with Gasteiger partial charge in [0, 0.05) is 3.57 Å². The molecule has 2 rings (SSSR count). The van der Waals surface area contributed by atoms with E-state index in [0.29, 0.717) is 11.5 Å². The summed E-state index contributed by atoms with van der Waals surface area (Å²) in [5.41, 5.74) is 4.27. The molecule has 0 aliphatic heterocycles. The molecule has 0 unspecified atom stereocenters. The molecule has 0 saturated heterocycles. The molecular formula is C17H17IN2O3. The first kappa shape index (κ1) is 17.3. The molecular weight excluding hydrogens is 407 g/mol. The fourth-order valence-corrected chi connectivity index (χ4v) is 2.30. The standard InChI is InChI=1S/C17H17IN2O3/c1-22-15-8-5-13(9-16(15)23-2)10-17(21)20-19-11-12-3-6-14(18)7-4-12/h3-9,11H,10H2,1-2H3,(H,20,21)/b19-11+. The van der Waals surface area contributed by atoms with Crippen molar-refractivity contribution in [2.45, 2.75) is 6.42 Å². The van der Waals surface area contributed by atoms with E-state index < -0.39 is 0 Å². The molecule has 0 aliphatic carbocycles. The van der Waals surface area contributed by atoms with Gasteiger partial charge in [0.25, 0.3) is 0 Å². The average Bonchev–Trinajstić information content (AvgIpc) is 2.56. The van der Waals surface area contributed by atoms with Crippen LogP contribution < -0.4 is 14.9 Å². The molecule has 0 aromatic heterocycles. The number of hydrogen-bond donors (Lipinski definition) is 1. The van der Waals surface area contributed by atoms with Crippen molar-refractivity contribution in [2.75, 3.05) is 14.2 Å². The van der Waals surface area contributed by atoms with Gasteiger partial charge in [-0.3, -0.25) is 4.79 Å². The van der Waals surface area contributed by atoms with Crippen LogP contribution in [0.2, 0.25) is 0 Å². The number of benzene rings is 2. The highest BCUT2D eigenvalue weighted by Crippen LogP contribution is 2.27. The Balaban J connectivity index is 1.93. The van der Waals surface area contributed by atoms with E-state index in [4.69, 9.17) is 9.47 Å². The smallest absolute Gasteiger partial charge is 0.244 e. The van der Waals surface area contributed by atoms with E-state index in [9.17, 15) is 4.79 Å². The number of amides is 1. The van der Waals surface area contributed by atoms with Crippen molar-refractivity contribution in [1.29, 1.82) is 0 Å². The molecule has 0 bridgehead atoms. The Morgan fingerprint density at radius 3 is 2.48 bits per heavy atom. The Morgan fingerprint density at radius 1 is 1.13 bits per heavy atom.